The number of nitrogens with zero attached hydrogens (tertiary/aromatic N) is 5. The molecule has 6 N–H and O–H groups in total. The molecule has 1 aliphatic heterocycles. The van der Waals surface area contributed by atoms with Gasteiger partial charge in [0.05, 0.1) is 23.5 Å². The molecule has 1 aliphatic rings. The van der Waals surface area contributed by atoms with Crippen molar-refractivity contribution in [1.29, 1.82) is 0 Å². The number of para-hydroxylation sites is 1. The summed E-state index contributed by atoms with van der Waals surface area (Å²) in [6.07, 6.45) is 1.53. The van der Waals surface area contributed by atoms with E-state index in [-0.39, 0.29) is 12.5 Å². The number of anilines is 4. The zero-order valence-corrected chi connectivity index (χ0v) is 24.4. The van der Waals surface area contributed by atoms with Gasteiger partial charge in [-0.15, -0.1) is 0 Å². The maximum absolute atomic E-state index is 12.7. The Balaban J connectivity index is 0.00000119. The van der Waals surface area contributed by atoms with Gasteiger partial charge in [-0.1, -0.05) is 35.1 Å². The quantitative estimate of drug-likeness (QED) is 0.241. The van der Waals surface area contributed by atoms with Gasteiger partial charge in [-0.3, -0.25) is 9.69 Å². The number of aliphatic hydroxyl groups excluding tert-OH is 4. The number of aliphatic hydroxyl groups is 4. The summed E-state index contributed by atoms with van der Waals surface area (Å²) >= 11 is 7.46. The minimum Gasteiger partial charge on any atom is -0.400 e. The minimum atomic E-state index is -0.267. The highest BCUT2D eigenvalue weighted by molar-refractivity contribution is 7.17. The summed E-state index contributed by atoms with van der Waals surface area (Å²) in [4.78, 5) is 31.0. The number of benzene rings is 1. The third kappa shape index (κ3) is 10.3. The van der Waals surface area contributed by atoms with E-state index in [2.05, 4.69) is 35.4 Å². The summed E-state index contributed by atoms with van der Waals surface area (Å²) in [6.45, 7) is 8.03. The smallest absolute Gasteiger partial charge is 0.267 e. The Morgan fingerprint density at radius 1 is 1.05 bits per heavy atom. The van der Waals surface area contributed by atoms with E-state index in [0.717, 1.165) is 58.9 Å². The van der Waals surface area contributed by atoms with E-state index in [1.807, 2.05) is 32.0 Å². The van der Waals surface area contributed by atoms with Gasteiger partial charge in [0.25, 0.3) is 5.91 Å². The lowest BCUT2D eigenvalue weighted by atomic mass is 10.2. The molecule has 14 heteroatoms. The highest BCUT2D eigenvalue weighted by Crippen LogP contribution is 2.28. The second-order valence-electron chi connectivity index (χ2n) is 7.75. The van der Waals surface area contributed by atoms with E-state index in [9.17, 15) is 4.79 Å². The summed E-state index contributed by atoms with van der Waals surface area (Å²) in [5.41, 5.74) is 1.49. The van der Waals surface area contributed by atoms with Crippen molar-refractivity contribution in [2.45, 2.75) is 13.8 Å². The Morgan fingerprint density at radius 3 is 2.33 bits per heavy atom. The molecular formula is C25H38ClN7O5S. The lowest BCUT2D eigenvalue weighted by molar-refractivity contribution is 0.103. The van der Waals surface area contributed by atoms with E-state index in [1.54, 1.807) is 6.07 Å². The zero-order valence-electron chi connectivity index (χ0n) is 22.8. The van der Waals surface area contributed by atoms with Crippen molar-refractivity contribution in [2.24, 2.45) is 0 Å². The average molecular weight is 584 g/mol. The second kappa shape index (κ2) is 18.4. The molecule has 39 heavy (non-hydrogen) atoms. The van der Waals surface area contributed by atoms with Crippen molar-refractivity contribution >= 4 is 51.3 Å². The van der Waals surface area contributed by atoms with Crippen LogP contribution in [0.1, 0.15) is 21.1 Å². The lowest BCUT2D eigenvalue weighted by Gasteiger charge is -2.35. The van der Waals surface area contributed by atoms with Gasteiger partial charge in [0, 0.05) is 60.1 Å². The number of amides is 1. The standard InChI is InChI=1S/C22H26ClN7O2S.3CH4O/c1-14-4-3-5-16(23)20(14)28-21(32)17-13-24-22(33-17)27-18-12-19(26-15(2)25-18)30-8-6-29(7-9-30)10-11-31;3*1-2/h3-5,12-13,31H,6-11H2,1-2H3,(H,28,32)(H,24,25,26,27);3*2H,1H3. The highest BCUT2D eigenvalue weighted by atomic mass is 35.5. The number of nitrogens with one attached hydrogen (secondary N) is 2. The van der Waals surface area contributed by atoms with E-state index in [1.165, 1.54) is 17.5 Å². The van der Waals surface area contributed by atoms with E-state index in [4.69, 9.17) is 32.0 Å². The number of β-amino-alcohol motifs (C(OH)–C–C–N with tert-alkyl or cyclic N) is 1. The van der Waals surface area contributed by atoms with E-state index < -0.39 is 0 Å². The van der Waals surface area contributed by atoms with Crippen molar-refractivity contribution in [3.63, 3.8) is 0 Å². The van der Waals surface area contributed by atoms with Crippen LogP contribution in [0.25, 0.3) is 0 Å². The van der Waals surface area contributed by atoms with Gasteiger partial charge in [0.2, 0.25) is 0 Å². The van der Waals surface area contributed by atoms with Crippen molar-refractivity contribution in [2.75, 3.05) is 76.2 Å². The number of thiazole rings is 1. The van der Waals surface area contributed by atoms with Gasteiger partial charge < -0.3 is 36.0 Å². The van der Waals surface area contributed by atoms with Crippen LogP contribution in [-0.2, 0) is 0 Å². The number of halogens is 1. The number of hydrogen-bond donors (Lipinski definition) is 6. The third-order valence-corrected chi connectivity index (χ3v) is 6.59. The number of carbonyl (C=O) groups is 1. The van der Waals surface area contributed by atoms with Crippen LogP contribution >= 0.6 is 22.9 Å². The Hall–Kier alpha value is -2.91. The predicted molar refractivity (Wildman–Crippen MR) is 156 cm³/mol. The van der Waals surface area contributed by atoms with Gasteiger partial charge in [0.1, 0.15) is 22.3 Å². The molecule has 0 radical (unpaired) electrons. The predicted octanol–water partition coefficient (Wildman–Crippen LogP) is 2.14. The number of carbonyl (C=O) groups excluding carboxylic acids is 1. The number of piperazine rings is 1. The molecule has 3 aromatic rings. The molecule has 0 unspecified atom stereocenters. The molecule has 216 valence electrons. The van der Waals surface area contributed by atoms with Crippen LogP contribution in [0.3, 0.4) is 0 Å². The van der Waals surface area contributed by atoms with Gasteiger partial charge in [-0.25, -0.2) is 15.0 Å². The average Bonchev–Trinajstić information content (AvgIpc) is 3.43. The van der Waals surface area contributed by atoms with Crippen LogP contribution in [0.4, 0.5) is 22.5 Å². The van der Waals surface area contributed by atoms with Crippen LogP contribution in [-0.4, -0.2) is 107 Å². The molecule has 1 fully saturated rings. The molecule has 1 aromatic carbocycles. The fraction of sp³-hybridized carbons (Fsp3) is 0.440. The van der Waals surface area contributed by atoms with Crippen LogP contribution in [0.5, 0.6) is 0 Å². The number of aryl methyl sites for hydroxylation is 2. The normalized spacial score (nSPS) is 12.6. The van der Waals surface area contributed by atoms with Gasteiger partial charge in [0.15, 0.2) is 5.13 Å². The first-order chi connectivity index (χ1) is 18.9. The highest BCUT2D eigenvalue weighted by Gasteiger charge is 2.19. The zero-order chi connectivity index (χ0) is 29.4. The summed E-state index contributed by atoms with van der Waals surface area (Å²) in [6, 6.07) is 7.37. The van der Waals surface area contributed by atoms with Crippen LogP contribution in [0.15, 0.2) is 30.5 Å². The van der Waals surface area contributed by atoms with E-state index in [0.29, 0.717) is 38.9 Å². The first-order valence-electron chi connectivity index (χ1n) is 12.0. The Morgan fingerprint density at radius 2 is 1.72 bits per heavy atom. The van der Waals surface area contributed by atoms with Gasteiger partial charge >= 0.3 is 0 Å². The largest absolute Gasteiger partial charge is 0.400 e. The van der Waals surface area contributed by atoms with Crippen molar-refractivity contribution in [3.8, 4) is 0 Å². The Bertz CT molecular complexity index is 1120. The second-order valence-corrected chi connectivity index (χ2v) is 9.19. The van der Waals surface area contributed by atoms with Crippen LogP contribution < -0.4 is 15.5 Å². The fourth-order valence-corrected chi connectivity index (χ4v) is 4.62. The molecule has 2 aromatic heterocycles. The van der Waals surface area contributed by atoms with Gasteiger partial charge in [-0.2, -0.15) is 0 Å². The third-order valence-electron chi connectivity index (χ3n) is 5.36. The summed E-state index contributed by atoms with van der Waals surface area (Å²) in [5, 5.41) is 37.2. The molecule has 0 atom stereocenters. The lowest BCUT2D eigenvalue weighted by Crippen LogP contribution is -2.47. The molecule has 0 aliphatic carbocycles. The first-order valence-corrected chi connectivity index (χ1v) is 13.2. The first kappa shape index (κ1) is 34.1. The van der Waals surface area contributed by atoms with Crippen molar-refractivity contribution in [1.82, 2.24) is 19.9 Å². The molecule has 1 amide bonds. The van der Waals surface area contributed by atoms with Gasteiger partial charge in [-0.05, 0) is 25.5 Å². The van der Waals surface area contributed by atoms with Crippen molar-refractivity contribution < 1.29 is 25.2 Å². The number of aromatic nitrogens is 3. The number of hydrogen-bond acceptors (Lipinski definition) is 12. The summed E-state index contributed by atoms with van der Waals surface area (Å²) < 4.78 is 0. The minimum absolute atomic E-state index is 0.173. The number of rotatable bonds is 7. The molecule has 1 saturated heterocycles. The molecular weight excluding hydrogens is 546 g/mol. The molecule has 0 spiro atoms. The molecule has 4 rings (SSSR count). The van der Waals surface area contributed by atoms with Crippen LogP contribution in [0.2, 0.25) is 5.02 Å². The molecule has 12 nitrogen and oxygen atoms in total. The summed E-state index contributed by atoms with van der Waals surface area (Å²) in [7, 11) is 3.00. The molecule has 3 heterocycles. The monoisotopic (exact) mass is 583 g/mol. The SMILES string of the molecule is CO.CO.CO.Cc1nc(Nc2ncc(C(=O)Nc3c(C)cccc3Cl)s2)cc(N2CCN(CCO)CC2)n1. The maximum atomic E-state index is 12.7. The molecule has 0 saturated carbocycles. The topological polar surface area (TPSA) is 167 Å². The maximum Gasteiger partial charge on any atom is 0.267 e. The van der Waals surface area contributed by atoms with Crippen LogP contribution in [0, 0.1) is 13.8 Å². The van der Waals surface area contributed by atoms with E-state index >= 15 is 0 Å². The Kier molecular flexibility index (Phi) is 16.1. The fourth-order valence-electron chi connectivity index (χ4n) is 3.63. The molecule has 0 bridgehead atoms. The Labute approximate surface area is 237 Å². The van der Waals surface area contributed by atoms with Crippen molar-refractivity contribution in [3.05, 3.63) is 51.7 Å². The summed E-state index contributed by atoms with van der Waals surface area (Å²) in [5.74, 6) is 1.85.